The second-order valence-corrected chi connectivity index (χ2v) is 8.90. The number of aliphatic carboxylic acids is 1. The van der Waals surface area contributed by atoms with Crippen molar-refractivity contribution >= 4 is 17.6 Å². The summed E-state index contributed by atoms with van der Waals surface area (Å²) in [6.07, 6.45) is 5.58. The second-order valence-electron chi connectivity index (χ2n) is 8.90. The first-order valence-corrected chi connectivity index (χ1v) is 11.3. The summed E-state index contributed by atoms with van der Waals surface area (Å²) in [7, 11) is 0. The van der Waals surface area contributed by atoms with E-state index >= 15 is 0 Å². The highest BCUT2D eigenvalue weighted by molar-refractivity contribution is 5.98. The lowest BCUT2D eigenvalue weighted by atomic mass is 9.81. The Morgan fingerprint density at radius 3 is 2.64 bits per heavy atom. The van der Waals surface area contributed by atoms with Gasteiger partial charge in [0.25, 0.3) is 0 Å². The number of hydrogen-bond acceptors (Lipinski definition) is 4. The monoisotopic (exact) mass is 447 g/mol. The number of phenolic OH excluding ortho intramolecular Hbond substituents is 1. The Hall–Kier alpha value is -3.61. The van der Waals surface area contributed by atoms with Crippen LogP contribution in [0, 0.1) is 0 Å². The molecule has 1 atom stereocenters. The van der Waals surface area contributed by atoms with Crippen LogP contribution in [-0.4, -0.2) is 31.9 Å². The number of aromatic hydroxyl groups is 1. The highest BCUT2D eigenvalue weighted by Gasteiger charge is 2.32. The lowest BCUT2D eigenvalue weighted by molar-refractivity contribution is -0.137. The number of hydrogen-bond donors (Lipinski definition) is 2. The Labute approximate surface area is 193 Å². The van der Waals surface area contributed by atoms with E-state index in [2.05, 4.69) is 18.9 Å². The minimum absolute atomic E-state index is 0.0372. The number of phenols is 1. The molecule has 172 valence electrons. The molecule has 0 spiro atoms. The SMILES string of the molecule is CC(C)c1ccc(N(Cc2cnn(CC(=O)O)c2)C(=O)C2CCCc3c(O)cccc32)cc1. The zero-order chi connectivity index (χ0) is 23.5. The smallest absolute Gasteiger partial charge is 0.325 e. The third-order valence-electron chi connectivity index (χ3n) is 6.24. The molecule has 0 bridgehead atoms. The molecule has 7 nitrogen and oxygen atoms in total. The summed E-state index contributed by atoms with van der Waals surface area (Å²) in [4.78, 5) is 26.7. The molecule has 0 aliphatic heterocycles. The van der Waals surface area contributed by atoms with Crippen LogP contribution in [0.15, 0.2) is 54.9 Å². The average Bonchev–Trinajstić information content (AvgIpc) is 3.23. The Balaban J connectivity index is 1.68. The molecule has 1 aliphatic rings. The molecular weight excluding hydrogens is 418 g/mol. The molecular formula is C26H29N3O4. The standard InChI is InChI=1S/C26H29N3O4/c1-17(2)19-9-11-20(12-10-19)29(15-18-13-27-28(14-18)16-25(31)32)26(33)23-7-3-6-22-21(23)5-4-8-24(22)30/h4-5,8-14,17,23,30H,3,6-7,15-16H2,1-2H3,(H,31,32). The van der Waals surface area contributed by atoms with E-state index in [4.69, 9.17) is 5.11 Å². The maximum Gasteiger partial charge on any atom is 0.325 e. The molecule has 0 radical (unpaired) electrons. The van der Waals surface area contributed by atoms with E-state index in [0.717, 1.165) is 35.2 Å². The molecule has 0 fully saturated rings. The van der Waals surface area contributed by atoms with Crippen molar-refractivity contribution in [1.82, 2.24) is 9.78 Å². The maximum absolute atomic E-state index is 13.9. The van der Waals surface area contributed by atoms with Crippen molar-refractivity contribution < 1.29 is 19.8 Å². The van der Waals surface area contributed by atoms with Crippen LogP contribution in [0.2, 0.25) is 0 Å². The molecule has 4 rings (SSSR count). The van der Waals surface area contributed by atoms with Gasteiger partial charge in [-0.25, -0.2) is 0 Å². The minimum Gasteiger partial charge on any atom is -0.508 e. The summed E-state index contributed by atoms with van der Waals surface area (Å²) >= 11 is 0. The zero-order valence-corrected chi connectivity index (χ0v) is 18.9. The minimum atomic E-state index is -0.972. The fourth-order valence-electron chi connectivity index (χ4n) is 4.51. The van der Waals surface area contributed by atoms with Crippen molar-refractivity contribution in [3.63, 3.8) is 0 Å². The van der Waals surface area contributed by atoms with Crippen molar-refractivity contribution in [2.75, 3.05) is 4.90 Å². The summed E-state index contributed by atoms with van der Waals surface area (Å²) in [5.41, 5.74) is 4.46. The predicted octanol–water partition coefficient (Wildman–Crippen LogP) is 4.45. The van der Waals surface area contributed by atoms with Gasteiger partial charge in [0.05, 0.1) is 18.7 Å². The van der Waals surface area contributed by atoms with Crippen LogP contribution in [0.25, 0.3) is 0 Å². The molecule has 1 unspecified atom stereocenters. The Morgan fingerprint density at radius 2 is 1.94 bits per heavy atom. The van der Waals surface area contributed by atoms with Crippen molar-refractivity contribution in [2.45, 2.75) is 58.0 Å². The van der Waals surface area contributed by atoms with Gasteiger partial charge >= 0.3 is 5.97 Å². The zero-order valence-electron chi connectivity index (χ0n) is 18.9. The first-order valence-electron chi connectivity index (χ1n) is 11.3. The molecule has 1 aliphatic carbocycles. The number of carboxylic acid groups (broad SMARTS) is 1. The number of benzene rings is 2. The number of anilines is 1. The van der Waals surface area contributed by atoms with Crippen LogP contribution in [-0.2, 0) is 29.1 Å². The molecule has 33 heavy (non-hydrogen) atoms. The number of fused-ring (bicyclic) bond motifs is 1. The molecule has 1 heterocycles. The quantitative estimate of drug-likeness (QED) is 0.558. The molecule has 1 aromatic heterocycles. The number of carbonyl (C=O) groups excluding carboxylic acids is 1. The summed E-state index contributed by atoms with van der Waals surface area (Å²) in [5, 5.41) is 23.5. The van der Waals surface area contributed by atoms with Gasteiger partial charge in [0.15, 0.2) is 0 Å². The van der Waals surface area contributed by atoms with Crippen LogP contribution in [0.3, 0.4) is 0 Å². The predicted molar refractivity (Wildman–Crippen MR) is 125 cm³/mol. The van der Waals surface area contributed by atoms with Gasteiger partial charge in [-0.3, -0.25) is 14.3 Å². The lowest BCUT2D eigenvalue weighted by Gasteiger charge is -2.31. The molecule has 0 saturated carbocycles. The maximum atomic E-state index is 13.9. The van der Waals surface area contributed by atoms with E-state index in [1.165, 1.54) is 10.2 Å². The van der Waals surface area contributed by atoms with Crippen molar-refractivity contribution in [3.8, 4) is 5.75 Å². The summed E-state index contributed by atoms with van der Waals surface area (Å²) in [6.45, 7) is 4.30. The van der Waals surface area contributed by atoms with Gasteiger partial charge in [0, 0.05) is 17.4 Å². The summed E-state index contributed by atoms with van der Waals surface area (Å²) < 4.78 is 1.36. The third-order valence-corrected chi connectivity index (χ3v) is 6.24. The fourth-order valence-corrected chi connectivity index (χ4v) is 4.51. The highest BCUT2D eigenvalue weighted by Crippen LogP contribution is 2.38. The van der Waals surface area contributed by atoms with Crippen LogP contribution in [0.5, 0.6) is 5.75 Å². The van der Waals surface area contributed by atoms with Gasteiger partial charge in [-0.1, -0.05) is 38.1 Å². The van der Waals surface area contributed by atoms with Crippen LogP contribution < -0.4 is 4.90 Å². The summed E-state index contributed by atoms with van der Waals surface area (Å²) in [5.74, 6) is -0.733. The molecule has 2 aromatic carbocycles. The molecule has 0 saturated heterocycles. The number of aromatic nitrogens is 2. The van der Waals surface area contributed by atoms with Gasteiger partial charge < -0.3 is 15.1 Å². The van der Waals surface area contributed by atoms with Gasteiger partial charge in [-0.15, -0.1) is 0 Å². The molecule has 2 N–H and O–H groups in total. The van der Waals surface area contributed by atoms with E-state index in [1.807, 2.05) is 30.3 Å². The normalized spacial score (nSPS) is 15.3. The first kappa shape index (κ1) is 22.6. The Bertz CT molecular complexity index is 1150. The van der Waals surface area contributed by atoms with Gasteiger partial charge in [-0.05, 0) is 60.1 Å². The lowest BCUT2D eigenvalue weighted by Crippen LogP contribution is -2.36. The van der Waals surface area contributed by atoms with E-state index < -0.39 is 5.97 Å². The molecule has 3 aromatic rings. The topological polar surface area (TPSA) is 95.7 Å². The van der Waals surface area contributed by atoms with Crippen molar-refractivity contribution in [1.29, 1.82) is 0 Å². The number of carbonyl (C=O) groups is 2. The fraction of sp³-hybridized carbons (Fsp3) is 0.346. The Kier molecular flexibility index (Phi) is 6.49. The second kappa shape index (κ2) is 9.48. The van der Waals surface area contributed by atoms with Crippen molar-refractivity contribution in [3.05, 3.63) is 77.1 Å². The highest BCUT2D eigenvalue weighted by atomic mass is 16.4. The van der Waals surface area contributed by atoms with Crippen LogP contribution in [0.1, 0.15) is 60.8 Å². The number of rotatable bonds is 7. The Morgan fingerprint density at radius 1 is 1.18 bits per heavy atom. The number of carboxylic acids is 1. The largest absolute Gasteiger partial charge is 0.508 e. The first-order chi connectivity index (χ1) is 15.8. The van der Waals surface area contributed by atoms with E-state index in [9.17, 15) is 14.7 Å². The molecule has 7 heteroatoms. The molecule has 1 amide bonds. The van der Waals surface area contributed by atoms with Crippen LogP contribution in [0.4, 0.5) is 5.69 Å². The van der Waals surface area contributed by atoms with Gasteiger partial charge in [-0.2, -0.15) is 5.10 Å². The summed E-state index contributed by atoms with van der Waals surface area (Å²) in [6, 6.07) is 13.4. The third kappa shape index (κ3) is 4.92. The number of nitrogens with zero attached hydrogens (tertiary/aromatic N) is 3. The van der Waals surface area contributed by atoms with Crippen LogP contribution >= 0.6 is 0 Å². The van der Waals surface area contributed by atoms with E-state index in [1.54, 1.807) is 29.4 Å². The van der Waals surface area contributed by atoms with E-state index in [-0.39, 0.29) is 30.7 Å². The van der Waals surface area contributed by atoms with Gasteiger partial charge in [0.2, 0.25) is 5.91 Å². The number of amides is 1. The average molecular weight is 448 g/mol. The van der Waals surface area contributed by atoms with E-state index in [0.29, 0.717) is 12.3 Å². The van der Waals surface area contributed by atoms with Gasteiger partial charge in [0.1, 0.15) is 12.3 Å². The van der Waals surface area contributed by atoms with Crippen molar-refractivity contribution in [2.24, 2.45) is 0 Å².